The van der Waals surface area contributed by atoms with Crippen molar-refractivity contribution >= 4 is 21.8 Å². The zero-order valence-electron chi connectivity index (χ0n) is 9.15. The van der Waals surface area contributed by atoms with Crippen LogP contribution >= 0.6 is 15.9 Å². The number of rotatable bonds is 3. The largest absolute Gasteiger partial charge is 0.497 e. The smallest absolute Gasteiger partial charge is 0.236 e. The highest BCUT2D eigenvalue weighted by Crippen LogP contribution is 2.21. The number of halogens is 1. The molecule has 1 saturated heterocycles. The highest BCUT2D eigenvalue weighted by Gasteiger charge is 2.28. The maximum absolute atomic E-state index is 11.7. The first-order valence-electron chi connectivity index (χ1n) is 5.26. The molecule has 1 aromatic carbocycles. The van der Waals surface area contributed by atoms with E-state index in [1.54, 1.807) is 7.11 Å². The molecule has 0 aromatic heterocycles. The van der Waals surface area contributed by atoms with E-state index in [1.165, 1.54) is 0 Å². The molecule has 2 rings (SSSR count). The topological polar surface area (TPSA) is 29.5 Å². The predicted octanol–water partition coefficient (Wildman–Crippen LogP) is 2.19. The fourth-order valence-electron chi connectivity index (χ4n) is 1.81. The number of likely N-dealkylation sites (tertiary alicyclic amines) is 1. The Kier molecular flexibility index (Phi) is 3.49. The molecule has 1 aliphatic rings. The van der Waals surface area contributed by atoms with Crippen molar-refractivity contribution < 1.29 is 9.53 Å². The van der Waals surface area contributed by atoms with Gasteiger partial charge in [-0.25, -0.2) is 0 Å². The Labute approximate surface area is 104 Å². The van der Waals surface area contributed by atoms with Crippen molar-refractivity contribution in [3.63, 3.8) is 0 Å². The second-order valence-electron chi connectivity index (χ2n) is 3.86. The van der Waals surface area contributed by atoms with Crippen LogP contribution in [0.5, 0.6) is 5.75 Å². The maximum Gasteiger partial charge on any atom is 0.236 e. The van der Waals surface area contributed by atoms with E-state index in [2.05, 4.69) is 15.9 Å². The van der Waals surface area contributed by atoms with Crippen LogP contribution in [0.1, 0.15) is 12.0 Å². The van der Waals surface area contributed by atoms with Gasteiger partial charge in [0.25, 0.3) is 0 Å². The van der Waals surface area contributed by atoms with E-state index in [1.807, 2.05) is 29.2 Å². The fraction of sp³-hybridized carbons (Fsp3) is 0.417. The molecular weight excluding hydrogens is 270 g/mol. The molecule has 86 valence electrons. The normalized spacial score (nSPS) is 20.2. The third-order valence-corrected chi connectivity index (χ3v) is 3.61. The van der Waals surface area contributed by atoms with Gasteiger partial charge >= 0.3 is 0 Å². The van der Waals surface area contributed by atoms with Crippen LogP contribution in [0.3, 0.4) is 0 Å². The molecule has 1 aliphatic heterocycles. The van der Waals surface area contributed by atoms with E-state index in [-0.39, 0.29) is 10.7 Å². The van der Waals surface area contributed by atoms with Crippen LogP contribution in [-0.4, -0.2) is 29.3 Å². The van der Waals surface area contributed by atoms with E-state index in [9.17, 15) is 4.79 Å². The van der Waals surface area contributed by atoms with Crippen LogP contribution in [0.2, 0.25) is 0 Å². The standard InChI is InChI=1S/C12H14BrNO2/c1-16-10-4-2-9(3-5-10)8-14-7-6-11(13)12(14)15/h2-5,11H,6-8H2,1H3. The number of ether oxygens (including phenoxy) is 1. The lowest BCUT2D eigenvalue weighted by atomic mass is 10.2. The monoisotopic (exact) mass is 283 g/mol. The van der Waals surface area contributed by atoms with Gasteiger partial charge in [0.05, 0.1) is 11.9 Å². The average Bonchev–Trinajstić information content (AvgIpc) is 2.62. The number of benzene rings is 1. The molecule has 0 aliphatic carbocycles. The molecule has 0 N–H and O–H groups in total. The SMILES string of the molecule is COc1ccc(CN2CCC(Br)C2=O)cc1. The Morgan fingerprint density at radius 1 is 1.44 bits per heavy atom. The van der Waals surface area contributed by atoms with Crippen LogP contribution in [0.15, 0.2) is 24.3 Å². The van der Waals surface area contributed by atoms with Gasteiger partial charge in [-0.15, -0.1) is 0 Å². The van der Waals surface area contributed by atoms with Crippen LogP contribution in [0.25, 0.3) is 0 Å². The highest BCUT2D eigenvalue weighted by atomic mass is 79.9. The van der Waals surface area contributed by atoms with Crippen molar-refractivity contribution in [2.24, 2.45) is 0 Å². The molecular formula is C12H14BrNO2. The Hall–Kier alpha value is -1.03. The molecule has 16 heavy (non-hydrogen) atoms. The zero-order chi connectivity index (χ0) is 11.5. The Bertz CT molecular complexity index is 377. The van der Waals surface area contributed by atoms with Crippen LogP contribution in [0, 0.1) is 0 Å². The van der Waals surface area contributed by atoms with Crippen molar-refractivity contribution in [3.8, 4) is 5.75 Å². The molecule has 3 nitrogen and oxygen atoms in total. The number of amides is 1. The second-order valence-corrected chi connectivity index (χ2v) is 4.97. The number of methoxy groups -OCH3 is 1. The average molecular weight is 284 g/mol. The number of carbonyl (C=O) groups excluding carboxylic acids is 1. The highest BCUT2D eigenvalue weighted by molar-refractivity contribution is 9.10. The van der Waals surface area contributed by atoms with Crippen LogP contribution in [0.4, 0.5) is 0 Å². The minimum Gasteiger partial charge on any atom is -0.497 e. The van der Waals surface area contributed by atoms with Gasteiger partial charge < -0.3 is 9.64 Å². The van der Waals surface area contributed by atoms with Gasteiger partial charge in [-0.05, 0) is 24.1 Å². The summed E-state index contributed by atoms with van der Waals surface area (Å²) in [4.78, 5) is 13.6. The van der Waals surface area contributed by atoms with Gasteiger partial charge in [0.2, 0.25) is 5.91 Å². The maximum atomic E-state index is 11.7. The summed E-state index contributed by atoms with van der Waals surface area (Å²) >= 11 is 3.37. The van der Waals surface area contributed by atoms with E-state index in [0.29, 0.717) is 6.54 Å². The number of alkyl halides is 1. The van der Waals surface area contributed by atoms with Gasteiger partial charge in [-0.3, -0.25) is 4.79 Å². The van der Waals surface area contributed by atoms with Crippen molar-refractivity contribution in [1.82, 2.24) is 4.90 Å². The molecule has 1 unspecified atom stereocenters. The van der Waals surface area contributed by atoms with E-state index in [0.717, 1.165) is 24.3 Å². The van der Waals surface area contributed by atoms with E-state index in [4.69, 9.17) is 4.74 Å². The summed E-state index contributed by atoms with van der Waals surface area (Å²) in [7, 11) is 1.65. The number of carbonyl (C=O) groups is 1. The molecule has 0 saturated carbocycles. The van der Waals surface area contributed by atoms with E-state index < -0.39 is 0 Å². The Morgan fingerprint density at radius 2 is 2.12 bits per heavy atom. The van der Waals surface area contributed by atoms with Crippen LogP contribution in [-0.2, 0) is 11.3 Å². The molecule has 0 spiro atoms. The third-order valence-electron chi connectivity index (χ3n) is 2.76. The van der Waals surface area contributed by atoms with E-state index >= 15 is 0 Å². The predicted molar refractivity (Wildman–Crippen MR) is 65.7 cm³/mol. The lowest BCUT2D eigenvalue weighted by molar-refractivity contribution is -0.127. The summed E-state index contributed by atoms with van der Waals surface area (Å²) < 4.78 is 5.09. The number of nitrogens with zero attached hydrogens (tertiary/aromatic N) is 1. The minimum atomic E-state index is 0.00532. The molecule has 1 fully saturated rings. The number of hydrogen-bond donors (Lipinski definition) is 0. The van der Waals surface area contributed by atoms with Crippen molar-refractivity contribution in [2.45, 2.75) is 17.8 Å². The zero-order valence-corrected chi connectivity index (χ0v) is 10.7. The van der Waals surface area contributed by atoms with Crippen molar-refractivity contribution in [2.75, 3.05) is 13.7 Å². The molecule has 1 atom stereocenters. The molecule has 1 aromatic rings. The second kappa shape index (κ2) is 4.87. The Balaban J connectivity index is 2.01. The first kappa shape index (κ1) is 11.5. The van der Waals surface area contributed by atoms with Gasteiger partial charge in [-0.2, -0.15) is 0 Å². The molecule has 0 bridgehead atoms. The lowest BCUT2D eigenvalue weighted by Gasteiger charge is -2.15. The molecule has 4 heteroatoms. The van der Waals surface area contributed by atoms with Gasteiger partial charge in [0, 0.05) is 13.1 Å². The summed E-state index contributed by atoms with van der Waals surface area (Å²) in [5, 5.41) is 0. The summed E-state index contributed by atoms with van der Waals surface area (Å²) in [5.74, 6) is 1.03. The summed E-state index contributed by atoms with van der Waals surface area (Å²) in [6, 6.07) is 7.82. The summed E-state index contributed by atoms with van der Waals surface area (Å²) in [6.45, 7) is 1.52. The Morgan fingerprint density at radius 3 is 2.62 bits per heavy atom. The lowest BCUT2D eigenvalue weighted by Crippen LogP contribution is -2.26. The third kappa shape index (κ3) is 2.38. The molecule has 1 amide bonds. The van der Waals surface area contributed by atoms with Crippen molar-refractivity contribution in [1.29, 1.82) is 0 Å². The van der Waals surface area contributed by atoms with Gasteiger partial charge in [0.1, 0.15) is 5.75 Å². The van der Waals surface area contributed by atoms with Gasteiger partial charge in [0.15, 0.2) is 0 Å². The first-order chi connectivity index (χ1) is 7.70. The summed E-state index contributed by atoms with van der Waals surface area (Å²) in [6.07, 6.45) is 0.898. The van der Waals surface area contributed by atoms with Crippen molar-refractivity contribution in [3.05, 3.63) is 29.8 Å². The summed E-state index contributed by atoms with van der Waals surface area (Å²) in [5.41, 5.74) is 1.13. The fourth-order valence-corrected chi connectivity index (χ4v) is 2.30. The quantitative estimate of drug-likeness (QED) is 0.796. The minimum absolute atomic E-state index is 0.00532. The molecule has 0 radical (unpaired) electrons. The molecule has 1 heterocycles. The van der Waals surface area contributed by atoms with Gasteiger partial charge in [-0.1, -0.05) is 28.1 Å². The van der Waals surface area contributed by atoms with Crippen LogP contribution < -0.4 is 4.74 Å². The first-order valence-corrected chi connectivity index (χ1v) is 6.18. The number of hydrogen-bond acceptors (Lipinski definition) is 2.